The monoisotopic (exact) mass is 909 g/mol. The van der Waals surface area contributed by atoms with Gasteiger partial charge in [0.15, 0.2) is 0 Å². The molecule has 0 radical (unpaired) electrons. The smallest absolute Gasteiger partial charge is 0.137 e. The SMILES string of the molecule is CN(c1cc(Oc2ccc3c4cc(-c5ccccc5)ccc4n(-c4cc(C(C)(C)C)ccn4)c3c2)cc(C(C)(C)C)c1)c1cc(C(C)(C)C)ccc1Nc1cc(-c2ccccc2)cc(C(C)(C)C)c1. The average Bonchev–Trinajstić information content (AvgIpc) is 3.63. The number of anilines is 4. The zero-order valence-electron chi connectivity index (χ0n) is 42.9. The molecule has 7 aromatic carbocycles. The Labute approximate surface area is 410 Å². The van der Waals surface area contributed by atoms with Crippen molar-refractivity contribution in [2.45, 2.75) is 105 Å². The first-order chi connectivity index (χ1) is 32.6. The van der Waals surface area contributed by atoms with Crippen LogP contribution in [0.15, 0.2) is 170 Å². The van der Waals surface area contributed by atoms with Crippen molar-refractivity contribution in [1.82, 2.24) is 9.55 Å². The van der Waals surface area contributed by atoms with Crippen LogP contribution in [-0.2, 0) is 21.7 Å². The fraction of sp³-hybridized carbons (Fsp3) is 0.266. The molecule has 9 aromatic rings. The maximum absolute atomic E-state index is 7.03. The minimum atomic E-state index is -0.152. The molecular formula is C64H68N4O. The maximum Gasteiger partial charge on any atom is 0.137 e. The Kier molecular flexibility index (Phi) is 12.1. The number of nitrogens with zero attached hydrogens (tertiary/aromatic N) is 3. The van der Waals surface area contributed by atoms with Crippen molar-refractivity contribution in [3.63, 3.8) is 0 Å². The van der Waals surface area contributed by atoms with Crippen LogP contribution in [-0.4, -0.2) is 16.6 Å². The Balaban J connectivity index is 1.15. The first-order valence-electron chi connectivity index (χ1n) is 24.4. The van der Waals surface area contributed by atoms with Crippen molar-refractivity contribution in [3.8, 4) is 39.6 Å². The third-order valence-corrected chi connectivity index (χ3v) is 13.5. The lowest BCUT2D eigenvalue weighted by Gasteiger charge is -2.29. The summed E-state index contributed by atoms with van der Waals surface area (Å²) in [6, 6.07) is 59.3. The molecule has 5 nitrogen and oxygen atoms in total. The first-order valence-corrected chi connectivity index (χ1v) is 24.4. The van der Waals surface area contributed by atoms with Gasteiger partial charge in [0.05, 0.1) is 22.4 Å². The summed E-state index contributed by atoms with van der Waals surface area (Å²) >= 11 is 0. The number of pyridine rings is 1. The minimum Gasteiger partial charge on any atom is -0.457 e. The highest BCUT2D eigenvalue weighted by Gasteiger charge is 2.24. The van der Waals surface area contributed by atoms with Crippen LogP contribution < -0.4 is 15.0 Å². The number of hydrogen-bond acceptors (Lipinski definition) is 4. The summed E-state index contributed by atoms with van der Waals surface area (Å²) < 4.78 is 9.33. The fourth-order valence-corrected chi connectivity index (χ4v) is 9.14. The lowest BCUT2D eigenvalue weighted by atomic mass is 9.84. The highest BCUT2D eigenvalue weighted by molar-refractivity contribution is 6.10. The molecule has 9 rings (SSSR count). The molecule has 0 saturated heterocycles. The molecule has 0 saturated carbocycles. The predicted molar refractivity (Wildman–Crippen MR) is 295 cm³/mol. The number of aromatic nitrogens is 2. The van der Waals surface area contributed by atoms with Crippen molar-refractivity contribution in [2.75, 3.05) is 17.3 Å². The van der Waals surface area contributed by atoms with Crippen molar-refractivity contribution < 1.29 is 4.74 Å². The lowest BCUT2D eigenvalue weighted by molar-refractivity contribution is 0.479. The van der Waals surface area contributed by atoms with Gasteiger partial charge in [0, 0.05) is 47.5 Å². The Morgan fingerprint density at radius 3 is 1.72 bits per heavy atom. The average molecular weight is 909 g/mol. The van der Waals surface area contributed by atoms with E-state index in [1.54, 1.807) is 0 Å². The maximum atomic E-state index is 7.03. The molecule has 69 heavy (non-hydrogen) atoms. The second-order valence-electron chi connectivity index (χ2n) is 22.9. The van der Waals surface area contributed by atoms with E-state index in [0.717, 1.165) is 56.5 Å². The molecule has 0 unspecified atom stereocenters. The van der Waals surface area contributed by atoms with Gasteiger partial charge in [-0.25, -0.2) is 4.98 Å². The standard InChI is InChI=1S/C64H68N4O/c1-61(2,3)46-25-28-56(66-50-33-45(43-22-18-15-19-23-43)32-48(35-50)63(7,8)9)59(38-46)67(13)51-36-49(64(10,11)12)37-53(40-51)69-52-26-27-54-55-34-44(42-20-16-14-17-21-42)24-29-57(55)68(58(54)41-52)60-39-47(30-31-65-60)62(4,5)6/h14-41,66H,1-13H3. The third kappa shape index (κ3) is 9.92. The van der Waals surface area contributed by atoms with Gasteiger partial charge < -0.3 is 15.0 Å². The van der Waals surface area contributed by atoms with E-state index in [1.807, 2.05) is 6.20 Å². The summed E-state index contributed by atoms with van der Waals surface area (Å²) in [6.07, 6.45) is 1.94. The Hall–Kier alpha value is -7.11. The van der Waals surface area contributed by atoms with E-state index in [0.29, 0.717) is 0 Å². The number of benzene rings is 7. The van der Waals surface area contributed by atoms with Crippen LogP contribution in [0, 0.1) is 0 Å². The van der Waals surface area contributed by atoms with E-state index in [2.05, 4.69) is 269 Å². The molecule has 0 amide bonds. The van der Waals surface area contributed by atoms with Gasteiger partial charge >= 0.3 is 0 Å². The Morgan fingerprint density at radius 1 is 0.449 bits per heavy atom. The van der Waals surface area contributed by atoms with Gasteiger partial charge in [-0.15, -0.1) is 0 Å². The van der Waals surface area contributed by atoms with Crippen LogP contribution >= 0.6 is 0 Å². The predicted octanol–water partition coefficient (Wildman–Crippen LogP) is 18.0. The van der Waals surface area contributed by atoms with Crippen molar-refractivity contribution in [2.24, 2.45) is 0 Å². The van der Waals surface area contributed by atoms with Crippen molar-refractivity contribution >= 4 is 44.6 Å². The largest absolute Gasteiger partial charge is 0.457 e. The Morgan fingerprint density at radius 2 is 1.07 bits per heavy atom. The molecular weight excluding hydrogens is 841 g/mol. The number of hydrogen-bond donors (Lipinski definition) is 1. The van der Waals surface area contributed by atoms with E-state index in [9.17, 15) is 0 Å². The van der Waals surface area contributed by atoms with Gasteiger partial charge in [-0.3, -0.25) is 4.57 Å². The molecule has 0 aliphatic heterocycles. The van der Waals surface area contributed by atoms with Crippen LogP contribution in [0.4, 0.5) is 22.7 Å². The number of rotatable bonds is 9. The van der Waals surface area contributed by atoms with Gasteiger partial charge in [0.1, 0.15) is 17.3 Å². The second-order valence-corrected chi connectivity index (χ2v) is 22.9. The molecule has 0 bridgehead atoms. The summed E-state index contributed by atoms with van der Waals surface area (Å²) in [5.41, 5.74) is 15.7. The fourth-order valence-electron chi connectivity index (χ4n) is 9.14. The number of fused-ring (bicyclic) bond motifs is 3. The minimum absolute atomic E-state index is 0.0394. The zero-order valence-corrected chi connectivity index (χ0v) is 42.9. The van der Waals surface area contributed by atoms with Gasteiger partial charge in [0.25, 0.3) is 0 Å². The van der Waals surface area contributed by atoms with Gasteiger partial charge in [-0.2, -0.15) is 0 Å². The number of ether oxygens (including phenoxy) is 1. The summed E-state index contributed by atoms with van der Waals surface area (Å²) in [7, 11) is 2.17. The number of nitrogens with one attached hydrogen (secondary N) is 1. The summed E-state index contributed by atoms with van der Waals surface area (Å²) in [6.45, 7) is 27.2. The molecule has 0 fully saturated rings. The molecule has 2 heterocycles. The quantitative estimate of drug-likeness (QED) is 0.157. The molecule has 2 aromatic heterocycles. The molecule has 1 N–H and O–H groups in total. The topological polar surface area (TPSA) is 42.3 Å². The van der Waals surface area contributed by atoms with E-state index in [-0.39, 0.29) is 21.7 Å². The van der Waals surface area contributed by atoms with Crippen molar-refractivity contribution in [1.29, 1.82) is 0 Å². The van der Waals surface area contributed by atoms with E-state index in [1.165, 1.54) is 49.9 Å². The summed E-state index contributed by atoms with van der Waals surface area (Å²) in [5, 5.41) is 6.23. The van der Waals surface area contributed by atoms with Crippen LogP contribution in [0.1, 0.15) is 105 Å². The highest BCUT2D eigenvalue weighted by Crippen LogP contribution is 2.43. The van der Waals surface area contributed by atoms with Crippen LogP contribution in [0.2, 0.25) is 0 Å². The summed E-state index contributed by atoms with van der Waals surface area (Å²) in [5.74, 6) is 2.41. The molecule has 0 atom stereocenters. The van der Waals surface area contributed by atoms with E-state index < -0.39 is 0 Å². The molecule has 0 aliphatic carbocycles. The van der Waals surface area contributed by atoms with Crippen LogP contribution in [0.25, 0.3) is 49.9 Å². The molecule has 350 valence electrons. The lowest BCUT2D eigenvalue weighted by Crippen LogP contribution is -2.17. The zero-order chi connectivity index (χ0) is 49.0. The van der Waals surface area contributed by atoms with Gasteiger partial charge in [-0.05, 0) is 139 Å². The molecule has 0 aliphatic rings. The van der Waals surface area contributed by atoms with Crippen molar-refractivity contribution in [3.05, 3.63) is 192 Å². The molecule has 5 heteroatoms. The van der Waals surface area contributed by atoms with E-state index >= 15 is 0 Å². The normalized spacial score (nSPS) is 12.4. The molecule has 0 spiro atoms. The first kappa shape index (κ1) is 47.0. The summed E-state index contributed by atoms with van der Waals surface area (Å²) in [4.78, 5) is 7.30. The van der Waals surface area contributed by atoms with Gasteiger partial charge in [0.2, 0.25) is 0 Å². The second kappa shape index (κ2) is 17.8. The van der Waals surface area contributed by atoms with Crippen LogP contribution in [0.3, 0.4) is 0 Å². The van der Waals surface area contributed by atoms with Crippen LogP contribution in [0.5, 0.6) is 11.5 Å². The van der Waals surface area contributed by atoms with E-state index in [4.69, 9.17) is 9.72 Å². The third-order valence-electron chi connectivity index (χ3n) is 13.5. The van der Waals surface area contributed by atoms with Gasteiger partial charge in [-0.1, -0.05) is 162 Å². The highest BCUT2D eigenvalue weighted by atomic mass is 16.5. The Bertz CT molecular complexity index is 3320.